The molecule has 0 unspecified atom stereocenters. The number of ether oxygens (including phenoxy) is 1. The first kappa shape index (κ1) is 25.2. The normalized spacial score (nSPS) is 18.5. The van der Waals surface area contributed by atoms with Crippen LogP contribution < -0.4 is 0 Å². The van der Waals surface area contributed by atoms with Crippen LogP contribution >= 0.6 is 0 Å². The summed E-state index contributed by atoms with van der Waals surface area (Å²) in [6.07, 6.45) is 16.7. The van der Waals surface area contributed by atoms with Crippen molar-refractivity contribution in [3.05, 3.63) is 108 Å². The number of rotatable bonds is 10. The summed E-state index contributed by atoms with van der Waals surface area (Å²) in [5, 5.41) is 0. The van der Waals surface area contributed by atoms with Crippen molar-refractivity contribution in [3.8, 4) is 22.3 Å². The first-order chi connectivity index (χ1) is 17.3. The first-order valence-corrected chi connectivity index (χ1v) is 13.4. The fraction of sp³-hybridized carbons (Fsp3) is 0.353. The molecule has 0 bridgehead atoms. The van der Waals surface area contributed by atoms with Gasteiger partial charge in [0.2, 0.25) is 0 Å². The van der Waals surface area contributed by atoms with Crippen molar-refractivity contribution in [1.82, 2.24) is 0 Å². The van der Waals surface area contributed by atoms with Crippen molar-refractivity contribution in [1.29, 1.82) is 0 Å². The molecule has 0 atom stereocenters. The number of unbranched alkanes of at least 4 members (excludes halogenated alkanes) is 1. The monoisotopic (exact) mass is 464 g/mol. The average Bonchev–Trinajstić information content (AvgIpc) is 2.92. The Labute approximate surface area is 212 Å². The molecule has 1 nitrogen and oxygen atoms in total. The summed E-state index contributed by atoms with van der Waals surface area (Å²) in [5.41, 5.74) is 7.78. The summed E-state index contributed by atoms with van der Waals surface area (Å²) < 4.78 is 5.65. The van der Waals surface area contributed by atoms with Gasteiger partial charge in [0.15, 0.2) is 0 Å². The first-order valence-electron chi connectivity index (χ1n) is 13.4. The summed E-state index contributed by atoms with van der Waals surface area (Å²) in [4.78, 5) is 0. The van der Waals surface area contributed by atoms with E-state index in [0.717, 1.165) is 11.8 Å². The van der Waals surface area contributed by atoms with Crippen LogP contribution in [0.4, 0.5) is 0 Å². The Morgan fingerprint density at radius 3 is 1.80 bits per heavy atom. The third-order valence-electron chi connectivity index (χ3n) is 7.24. The standard InChI is InChI=1S/C34H40O/c1-3-5-7-8-27-9-13-29(14-10-27)31-17-21-33(22-18-31)34-23-19-32(20-24-34)30-15-11-28(12-16-30)26-35-25-6-4-2/h4,6-8,11-12,15-24,27,29H,3,5,9-10,13-14,25-26H2,1-2H3/b6-4+,8-7+/t27-,29-. The van der Waals surface area contributed by atoms with Crippen LogP contribution in [0.5, 0.6) is 0 Å². The average molecular weight is 465 g/mol. The molecule has 1 fully saturated rings. The van der Waals surface area contributed by atoms with E-state index >= 15 is 0 Å². The molecule has 0 aromatic heterocycles. The van der Waals surface area contributed by atoms with Gasteiger partial charge in [-0.05, 0) is 84.2 Å². The van der Waals surface area contributed by atoms with E-state index in [1.807, 2.05) is 19.1 Å². The fourth-order valence-electron chi connectivity index (χ4n) is 5.04. The smallest absolute Gasteiger partial charge is 0.0721 e. The highest BCUT2D eigenvalue weighted by atomic mass is 16.5. The van der Waals surface area contributed by atoms with Gasteiger partial charge in [-0.2, -0.15) is 0 Å². The van der Waals surface area contributed by atoms with Crippen LogP contribution in [-0.4, -0.2) is 6.61 Å². The lowest BCUT2D eigenvalue weighted by molar-refractivity contribution is 0.148. The molecule has 3 aromatic rings. The number of benzene rings is 3. The van der Waals surface area contributed by atoms with Crippen LogP contribution in [-0.2, 0) is 11.3 Å². The maximum Gasteiger partial charge on any atom is 0.0721 e. The minimum atomic E-state index is 0.650. The predicted octanol–water partition coefficient (Wildman–Crippen LogP) is 9.74. The van der Waals surface area contributed by atoms with Crippen LogP contribution in [0.25, 0.3) is 22.3 Å². The molecule has 3 aromatic carbocycles. The lowest BCUT2D eigenvalue weighted by Gasteiger charge is -2.27. The molecule has 0 saturated heterocycles. The summed E-state index contributed by atoms with van der Waals surface area (Å²) >= 11 is 0. The second-order valence-electron chi connectivity index (χ2n) is 9.81. The van der Waals surface area contributed by atoms with Crippen molar-refractivity contribution >= 4 is 0 Å². The maximum absolute atomic E-state index is 5.65. The Morgan fingerprint density at radius 2 is 1.26 bits per heavy atom. The van der Waals surface area contributed by atoms with Gasteiger partial charge in [-0.25, -0.2) is 0 Å². The second kappa shape index (κ2) is 13.3. The Hall–Kier alpha value is -2.90. The molecular formula is C34H40O. The van der Waals surface area contributed by atoms with Gasteiger partial charge in [-0.1, -0.05) is 110 Å². The molecule has 1 heteroatoms. The second-order valence-corrected chi connectivity index (χ2v) is 9.81. The SMILES string of the molecule is C/C=C/COCc1ccc(-c2ccc(-c3ccc([C@H]4CC[C@H](/C=C/CCC)CC4)cc3)cc2)cc1. The molecule has 0 amide bonds. The van der Waals surface area contributed by atoms with E-state index in [0.29, 0.717) is 13.2 Å². The molecule has 1 aliphatic carbocycles. The van der Waals surface area contributed by atoms with Crippen LogP contribution in [0, 0.1) is 5.92 Å². The van der Waals surface area contributed by atoms with Crippen molar-refractivity contribution < 1.29 is 4.74 Å². The number of hydrogen-bond acceptors (Lipinski definition) is 1. The number of hydrogen-bond donors (Lipinski definition) is 0. The van der Waals surface area contributed by atoms with E-state index in [1.165, 1.54) is 71.9 Å². The lowest BCUT2D eigenvalue weighted by Crippen LogP contribution is -2.11. The molecular weight excluding hydrogens is 424 g/mol. The molecule has 35 heavy (non-hydrogen) atoms. The summed E-state index contributed by atoms with van der Waals surface area (Å²) in [5.74, 6) is 1.52. The summed E-state index contributed by atoms with van der Waals surface area (Å²) in [6.45, 7) is 5.58. The highest BCUT2D eigenvalue weighted by Gasteiger charge is 2.20. The van der Waals surface area contributed by atoms with Gasteiger partial charge in [0, 0.05) is 0 Å². The Kier molecular flexibility index (Phi) is 9.55. The van der Waals surface area contributed by atoms with E-state index in [-0.39, 0.29) is 0 Å². The van der Waals surface area contributed by atoms with Gasteiger partial charge < -0.3 is 4.74 Å². The minimum absolute atomic E-state index is 0.650. The van der Waals surface area contributed by atoms with Gasteiger partial charge in [0.1, 0.15) is 0 Å². The van der Waals surface area contributed by atoms with Crippen molar-refractivity contribution in [2.45, 2.75) is 64.9 Å². The Balaban J connectivity index is 1.32. The predicted molar refractivity (Wildman–Crippen MR) is 151 cm³/mol. The van der Waals surface area contributed by atoms with Crippen molar-refractivity contribution in [2.24, 2.45) is 5.92 Å². The van der Waals surface area contributed by atoms with Crippen molar-refractivity contribution in [3.63, 3.8) is 0 Å². The van der Waals surface area contributed by atoms with Gasteiger partial charge in [-0.3, -0.25) is 0 Å². The van der Waals surface area contributed by atoms with Gasteiger partial charge in [0.05, 0.1) is 13.2 Å². The zero-order valence-electron chi connectivity index (χ0n) is 21.5. The molecule has 0 aliphatic heterocycles. The van der Waals surface area contributed by atoms with Gasteiger partial charge in [-0.15, -0.1) is 0 Å². The topological polar surface area (TPSA) is 9.23 Å². The minimum Gasteiger partial charge on any atom is -0.373 e. The van der Waals surface area contributed by atoms with Crippen LogP contribution in [0.1, 0.15) is 69.4 Å². The summed E-state index contributed by atoms with van der Waals surface area (Å²) in [7, 11) is 0. The molecule has 0 radical (unpaired) electrons. The van der Waals surface area contributed by atoms with Gasteiger partial charge in [0.25, 0.3) is 0 Å². The molecule has 182 valence electrons. The molecule has 0 N–H and O–H groups in total. The van der Waals surface area contributed by atoms with Crippen LogP contribution in [0.2, 0.25) is 0 Å². The Morgan fingerprint density at radius 1 is 0.714 bits per heavy atom. The van der Waals surface area contributed by atoms with E-state index < -0.39 is 0 Å². The number of allylic oxidation sites excluding steroid dienone is 3. The zero-order valence-corrected chi connectivity index (χ0v) is 21.5. The van der Waals surface area contributed by atoms with E-state index in [1.54, 1.807) is 0 Å². The van der Waals surface area contributed by atoms with Crippen LogP contribution in [0.3, 0.4) is 0 Å². The highest BCUT2D eigenvalue weighted by molar-refractivity contribution is 5.70. The van der Waals surface area contributed by atoms with Gasteiger partial charge >= 0.3 is 0 Å². The van der Waals surface area contributed by atoms with E-state index in [2.05, 4.69) is 91.9 Å². The largest absolute Gasteiger partial charge is 0.373 e. The maximum atomic E-state index is 5.65. The molecule has 1 aliphatic rings. The third kappa shape index (κ3) is 7.29. The quantitative estimate of drug-likeness (QED) is 0.214. The fourth-order valence-corrected chi connectivity index (χ4v) is 5.04. The van der Waals surface area contributed by atoms with Crippen molar-refractivity contribution in [2.75, 3.05) is 6.61 Å². The molecule has 0 spiro atoms. The zero-order chi connectivity index (χ0) is 24.3. The van der Waals surface area contributed by atoms with E-state index in [4.69, 9.17) is 4.74 Å². The third-order valence-corrected chi connectivity index (χ3v) is 7.24. The lowest BCUT2D eigenvalue weighted by atomic mass is 9.78. The molecule has 0 heterocycles. The molecule has 1 saturated carbocycles. The highest BCUT2D eigenvalue weighted by Crippen LogP contribution is 2.37. The Bertz CT molecular complexity index is 1060. The van der Waals surface area contributed by atoms with Crippen LogP contribution in [0.15, 0.2) is 97.1 Å². The van der Waals surface area contributed by atoms with E-state index in [9.17, 15) is 0 Å². The molecule has 4 rings (SSSR count). The summed E-state index contributed by atoms with van der Waals surface area (Å²) in [6, 6.07) is 27.0.